The van der Waals surface area contributed by atoms with E-state index < -0.39 is 16.5 Å². The summed E-state index contributed by atoms with van der Waals surface area (Å²) in [5.74, 6) is -1.57. The lowest BCUT2D eigenvalue weighted by molar-refractivity contribution is -0.387. The van der Waals surface area contributed by atoms with E-state index in [0.29, 0.717) is 37.1 Å². The second-order valence-electron chi connectivity index (χ2n) is 10.5. The molecule has 208 valence electrons. The Balaban J connectivity index is 1.16. The van der Waals surface area contributed by atoms with Crippen molar-refractivity contribution in [2.24, 2.45) is 11.8 Å². The number of imide groups is 1. The van der Waals surface area contributed by atoms with E-state index in [9.17, 15) is 29.3 Å². The normalized spacial score (nSPS) is 19.9. The Hall–Kier alpha value is -4.48. The fourth-order valence-corrected chi connectivity index (χ4v) is 8.15. The van der Waals surface area contributed by atoms with Gasteiger partial charge in [-0.25, -0.2) is 4.98 Å². The fraction of sp³-hybridized carbons (Fsp3) is 0.194. The molecule has 2 amide bonds. The Labute approximate surface area is 247 Å². The molecule has 2 atom stereocenters. The van der Waals surface area contributed by atoms with Crippen molar-refractivity contribution in [3.63, 3.8) is 0 Å². The quantitative estimate of drug-likeness (QED) is 0.0841. The number of Topliss-reactive ketones (excluding diaryl/α,β-unsaturated/α-hetero) is 2. The number of nitrogens with zero attached hydrogens (tertiary/aromatic N) is 3. The number of nitro groups is 1. The van der Waals surface area contributed by atoms with Crippen LogP contribution in [0, 0.1) is 22.0 Å². The summed E-state index contributed by atoms with van der Waals surface area (Å²) in [6.45, 7) is 0. The van der Waals surface area contributed by atoms with Crippen LogP contribution in [0.5, 0.6) is 0 Å². The van der Waals surface area contributed by atoms with Crippen LogP contribution in [0.25, 0.3) is 16.3 Å². The van der Waals surface area contributed by atoms with Crippen molar-refractivity contribution in [3.05, 3.63) is 93.0 Å². The molecule has 1 aromatic heterocycles. The predicted octanol–water partition coefficient (Wildman–Crippen LogP) is 6.50. The first-order valence-electron chi connectivity index (χ1n) is 13.4. The van der Waals surface area contributed by atoms with Gasteiger partial charge in [0, 0.05) is 17.2 Å². The summed E-state index contributed by atoms with van der Waals surface area (Å²) in [6.07, 6.45) is 4.78. The molecule has 3 aromatic carbocycles. The number of rotatable bonds is 5. The van der Waals surface area contributed by atoms with Crippen LogP contribution in [0.4, 0.5) is 11.4 Å². The third-order valence-electron chi connectivity index (χ3n) is 8.05. The number of benzene rings is 3. The van der Waals surface area contributed by atoms with Crippen LogP contribution in [0.15, 0.2) is 75.5 Å². The molecule has 1 aliphatic heterocycles. The second-order valence-corrected chi connectivity index (χ2v) is 12.8. The van der Waals surface area contributed by atoms with Crippen LogP contribution in [-0.2, 0) is 9.59 Å². The Bertz CT molecular complexity index is 1850. The smallest absolute Gasteiger partial charge is 0.283 e. The minimum Gasteiger partial charge on any atom is -0.288 e. The summed E-state index contributed by atoms with van der Waals surface area (Å²) in [4.78, 5) is 69.4. The number of fused-ring (bicyclic) bond motifs is 3. The molecular weight excluding hydrogens is 574 g/mol. The number of ketones is 2. The average Bonchev–Trinajstić information content (AvgIpc) is 3.59. The van der Waals surface area contributed by atoms with Crippen LogP contribution >= 0.6 is 23.1 Å². The van der Waals surface area contributed by atoms with Crippen LogP contribution < -0.4 is 4.90 Å². The largest absolute Gasteiger partial charge is 0.288 e. The van der Waals surface area contributed by atoms with Gasteiger partial charge < -0.3 is 0 Å². The van der Waals surface area contributed by atoms with E-state index in [1.165, 1.54) is 28.4 Å². The fourth-order valence-electron chi connectivity index (χ4n) is 6.01. The van der Waals surface area contributed by atoms with E-state index in [4.69, 9.17) is 0 Å². The van der Waals surface area contributed by atoms with Crippen LogP contribution in [0.1, 0.15) is 52.0 Å². The monoisotopic (exact) mass is 595 g/mol. The maximum atomic E-state index is 13.0. The summed E-state index contributed by atoms with van der Waals surface area (Å²) < 4.78 is 1.31. The van der Waals surface area contributed by atoms with E-state index in [-0.39, 0.29) is 34.9 Å². The summed E-state index contributed by atoms with van der Waals surface area (Å²) >= 11 is 2.45. The molecule has 2 heterocycles. The lowest BCUT2D eigenvalue weighted by atomic mass is 9.81. The standard InChI is InChI=1S/C31H21N3O6S2/c35-27-18-5-1-2-6-19(18)28(36)22(27)13-16-9-12-25(24(14-16)34(39)40)41-31-32-23-11-10-17(15-26(23)42-31)33-29(37)20-7-3-4-8-21(20)30(33)38/h1-2,5-6,9-15,20-21H,3-4,7-8H2/t20-,21-/m1/s1. The van der Waals surface area contributed by atoms with Gasteiger partial charge in [0.2, 0.25) is 11.8 Å². The number of hydrogen-bond acceptors (Lipinski definition) is 9. The van der Waals surface area contributed by atoms with Gasteiger partial charge >= 0.3 is 0 Å². The summed E-state index contributed by atoms with van der Waals surface area (Å²) in [5.41, 5.74) is 1.99. The zero-order valence-corrected chi connectivity index (χ0v) is 23.6. The van der Waals surface area contributed by atoms with Crippen LogP contribution in [0.2, 0.25) is 0 Å². The molecule has 2 aliphatic carbocycles. The molecule has 0 radical (unpaired) electrons. The van der Waals surface area contributed by atoms with Gasteiger partial charge in [0.15, 0.2) is 15.9 Å². The number of amides is 2. The summed E-state index contributed by atoms with van der Waals surface area (Å²) in [5, 5.41) is 12.0. The van der Waals surface area contributed by atoms with E-state index >= 15 is 0 Å². The molecule has 9 nitrogen and oxygen atoms in total. The molecule has 3 aliphatic rings. The Kier molecular flexibility index (Phi) is 6.36. The molecule has 0 unspecified atom stereocenters. The number of hydrogen-bond donors (Lipinski definition) is 0. The van der Waals surface area contributed by atoms with Gasteiger partial charge in [0.05, 0.1) is 43.1 Å². The van der Waals surface area contributed by atoms with Crippen molar-refractivity contribution in [2.75, 3.05) is 4.90 Å². The highest BCUT2D eigenvalue weighted by Crippen LogP contribution is 2.43. The second kappa shape index (κ2) is 10.1. The lowest BCUT2D eigenvalue weighted by Gasteiger charge is -2.19. The van der Waals surface area contributed by atoms with E-state index in [0.717, 1.165) is 42.1 Å². The molecule has 0 spiro atoms. The molecule has 7 rings (SSSR count). The van der Waals surface area contributed by atoms with Gasteiger partial charge in [-0.05, 0) is 48.7 Å². The molecule has 11 heteroatoms. The minimum atomic E-state index is -0.507. The first-order valence-corrected chi connectivity index (χ1v) is 15.1. The van der Waals surface area contributed by atoms with Crippen LogP contribution in [-0.4, -0.2) is 33.3 Å². The van der Waals surface area contributed by atoms with Crippen molar-refractivity contribution in [1.29, 1.82) is 0 Å². The van der Waals surface area contributed by atoms with Gasteiger partial charge in [-0.15, -0.1) is 11.3 Å². The molecular formula is C31H21N3O6S2. The Morgan fingerprint density at radius 3 is 2.21 bits per heavy atom. The first-order chi connectivity index (χ1) is 20.3. The van der Waals surface area contributed by atoms with E-state index in [1.54, 1.807) is 54.6 Å². The van der Waals surface area contributed by atoms with E-state index in [1.807, 2.05) is 0 Å². The molecule has 1 saturated heterocycles. The van der Waals surface area contributed by atoms with Crippen molar-refractivity contribution < 1.29 is 24.1 Å². The molecule has 0 bridgehead atoms. The summed E-state index contributed by atoms with van der Waals surface area (Å²) in [7, 11) is 0. The number of aromatic nitrogens is 1. The highest BCUT2D eigenvalue weighted by molar-refractivity contribution is 8.01. The highest BCUT2D eigenvalue weighted by atomic mass is 32.2. The molecule has 2 fully saturated rings. The average molecular weight is 596 g/mol. The zero-order valence-electron chi connectivity index (χ0n) is 21.9. The third-order valence-corrected chi connectivity index (χ3v) is 10.2. The van der Waals surface area contributed by atoms with Gasteiger partial charge in [-0.3, -0.25) is 34.2 Å². The van der Waals surface area contributed by atoms with Gasteiger partial charge in [0.25, 0.3) is 5.69 Å². The Morgan fingerprint density at radius 2 is 1.57 bits per heavy atom. The number of nitro benzene ring substituents is 1. The number of allylic oxidation sites excluding steroid dienone is 1. The van der Waals surface area contributed by atoms with E-state index in [2.05, 4.69) is 4.98 Å². The van der Waals surface area contributed by atoms with Crippen molar-refractivity contribution in [3.8, 4) is 0 Å². The van der Waals surface area contributed by atoms with Gasteiger partial charge in [-0.1, -0.05) is 54.9 Å². The molecule has 4 aromatic rings. The molecule has 1 saturated carbocycles. The third kappa shape index (κ3) is 4.27. The lowest BCUT2D eigenvalue weighted by Crippen LogP contribution is -2.30. The maximum Gasteiger partial charge on any atom is 0.283 e. The number of carbonyl (C=O) groups is 4. The maximum absolute atomic E-state index is 13.0. The molecule has 0 N–H and O–H groups in total. The number of thiazole rings is 1. The molecule has 42 heavy (non-hydrogen) atoms. The SMILES string of the molecule is O=C1C(=Cc2ccc(Sc3nc4ccc(N5C(=O)[C@@H]6CCCC[C@H]6C5=O)cc4s3)c([N+](=O)[O-])c2)C(=O)c2ccccc21. The number of carbonyl (C=O) groups excluding carboxylic acids is 4. The highest BCUT2D eigenvalue weighted by Gasteiger charge is 2.48. The van der Waals surface area contributed by atoms with Crippen molar-refractivity contribution in [1.82, 2.24) is 4.98 Å². The zero-order chi connectivity index (χ0) is 29.1. The van der Waals surface area contributed by atoms with Gasteiger partial charge in [0.1, 0.15) is 0 Å². The minimum absolute atomic E-state index is 0.0258. The Morgan fingerprint density at radius 1 is 0.905 bits per heavy atom. The van der Waals surface area contributed by atoms with Crippen molar-refractivity contribution in [2.45, 2.75) is 34.9 Å². The van der Waals surface area contributed by atoms with Crippen molar-refractivity contribution >= 4 is 74.1 Å². The topological polar surface area (TPSA) is 128 Å². The predicted molar refractivity (Wildman–Crippen MR) is 158 cm³/mol. The van der Waals surface area contributed by atoms with Gasteiger partial charge in [-0.2, -0.15) is 0 Å². The first kappa shape index (κ1) is 26.4. The van der Waals surface area contributed by atoms with Crippen LogP contribution in [0.3, 0.4) is 0 Å². The summed E-state index contributed by atoms with van der Waals surface area (Å²) in [6, 6.07) is 16.3. The number of anilines is 1.